The quantitative estimate of drug-likeness (QED) is 0.182. The molecule has 0 fully saturated rings. The molecule has 2 amide bonds. The highest BCUT2D eigenvalue weighted by atomic mass is 35.5. The summed E-state index contributed by atoms with van der Waals surface area (Å²) in [6.07, 6.45) is 0. The van der Waals surface area contributed by atoms with Gasteiger partial charge in [-0.05, 0) is 59.3 Å². The van der Waals surface area contributed by atoms with Crippen LogP contribution >= 0.6 is 23.2 Å². The first-order valence-corrected chi connectivity index (χ1v) is 10.9. The Labute approximate surface area is 214 Å². The van der Waals surface area contributed by atoms with Crippen LogP contribution in [-0.2, 0) is 0 Å². The summed E-state index contributed by atoms with van der Waals surface area (Å²) in [6.45, 7) is 7.10. The van der Waals surface area contributed by atoms with E-state index in [0.717, 1.165) is 0 Å². The minimum absolute atomic E-state index is 0.0541. The number of hydrogen-bond donors (Lipinski definition) is 4. The molecule has 0 bridgehead atoms. The number of nitriles is 1. The third-order valence-corrected chi connectivity index (χ3v) is 5.80. The van der Waals surface area contributed by atoms with Crippen LogP contribution in [0.3, 0.4) is 0 Å². The minimum Gasteiger partial charge on any atom is -0.518 e. The second kappa shape index (κ2) is 9.85. The first kappa shape index (κ1) is 24.4. The SMILES string of the molecule is [C-]#[N+]c1cc(NC(=O)c2ccc3cc(C(=O)Nc4cc(Cl)c(O)c(C#N)c4)ccc3c2)cc(Cl)c1O. The first-order valence-electron chi connectivity index (χ1n) is 10.2. The molecule has 36 heavy (non-hydrogen) atoms. The smallest absolute Gasteiger partial charge is 0.255 e. The number of anilines is 2. The van der Waals surface area contributed by atoms with Gasteiger partial charge < -0.3 is 20.8 Å². The monoisotopic (exact) mass is 516 g/mol. The fourth-order valence-corrected chi connectivity index (χ4v) is 3.87. The highest BCUT2D eigenvalue weighted by Gasteiger charge is 2.14. The number of benzene rings is 4. The highest BCUT2D eigenvalue weighted by molar-refractivity contribution is 6.33. The van der Waals surface area contributed by atoms with E-state index < -0.39 is 11.8 Å². The average Bonchev–Trinajstić information content (AvgIpc) is 2.87. The topological polar surface area (TPSA) is 127 Å². The number of phenols is 2. The zero-order valence-electron chi connectivity index (χ0n) is 18.1. The van der Waals surface area contributed by atoms with Gasteiger partial charge in [-0.25, -0.2) is 4.85 Å². The molecule has 0 saturated heterocycles. The van der Waals surface area contributed by atoms with Gasteiger partial charge in [-0.15, -0.1) is 0 Å². The maximum Gasteiger partial charge on any atom is 0.255 e. The molecule has 4 rings (SSSR count). The van der Waals surface area contributed by atoms with Crippen molar-refractivity contribution < 1.29 is 19.8 Å². The number of amides is 2. The predicted octanol–water partition coefficient (Wildman–Crippen LogP) is 6.48. The Morgan fingerprint density at radius 2 is 1.31 bits per heavy atom. The molecule has 4 aromatic rings. The van der Waals surface area contributed by atoms with Gasteiger partial charge in [0.1, 0.15) is 11.8 Å². The minimum atomic E-state index is -0.454. The summed E-state index contributed by atoms with van der Waals surface area (Å²) < 4.78 is 0. The Morgan fingerprint density at radius 1 is 0.806 bits per heavy atom. The zero-order valence-corrected chi connectivity index (χ0v) is 19.6. The van der Waals surface area contributed by atoms with Crippen molar-refractivity contribution in [2.24, 2.45) is 0 Å². The molecular weight excluding hydrogens is 503 g/mol. The number of phenolic OH excluding ortho intramolecular Hbond substituents is 2. The largest absolute Gasteiger partial charge is 0.518 e. The van der Waals surface area contributed by atoms with Crippen LogP contribution in [0.15, 0.2) is 60.7 Å². The van der Waals surface area contributed by atoms with E-state index in [1.165, 1.54) is 24.3 Å². The molecule has 0 saturated carbocycles. The summed E-state index contributed by atoms with van der Waals surface area (Å²) >= 11 is 11.8. The van der Waals surface area contributed by atoms with E-state index in [-0.39, 0.29) is 44.2 Å². The molecule has 4 N–H and O–H groups in total. The molecule has 176 valence electrons. The van der Waals surface area contributed by atoms with Crippen LogP contribution < -0.4 is 10.6 Å². The molecule has 4 aromatic carbocycles. The summed E-state index contributed by atoms with van der Waals surface area (Å²) in [5, 5.41) is 35.2. The molecule has 0 spiro atoms. The number of hydrogen-bond acceptors (Lipinski definition) is 5. The number of aromatic hydroxyl groups is 2. The fourth-order valence-electron chi connectivity index (χ4n) is 3.43. The van der Waals surface area contributed by atoms with E-state index >= 15 is 0 Å². The Morgan fingerprint density at radius 3 is 1.81 bits per heavy atom. The third-order valence-electron chi connectivity index (χ3n) is 5.23. The maximum absolute atomic E-state index is 12.7. The van der Waals surface area contributed by atoms with E-state index in [9.17, 15) is 19.8 Å². The number of fused-ring (bicyclic) bond motifs is 1. The summed E-state index contributed by atoms with van der Waals surface area (Å²) in [5.74, 6) is -1.62. The maximum atomic E-state index is 12.7. The highest BCUT2D eigenvalue weighted by Crippen LogP contribution is 2.37. The Balaban J connectivity index is 1.55. The molecule has 0 aromatic heterocycles. The van der Waals surface area contributed by atoms with Gasteiger partial charge in [0.15, 0.2) is 5.75 Å². The standard InChI is InChI=1S/C26H14Cl2N4O4/c1-30-22-11-19(10-21(28)24(22)34)32-26(36)16-5-3-13-6-15(4-2-14(13)7-16)25(35)31-18-8-17(12-29)23(33)20(27)9-18/h2-11,33-34H,(H,31,35)(H,32,36). The predicted molar refractivity (Wildman–Crippen MR) is 137 cm³/mol. The van der Waals surface area contributed by atoms with Crippen molar-refractivity contribution in [2.45, 2.75) is 0 Å². The normalized spacial score (nSPS) is 10.3. The fraction of sp³-hybridized carbons (Fsp3) is 0. The van der Waals surface area contributed by atoms with Gasteiger partial charge in [0.2, 0.25) is 5.69 Å². The van der Waals surface area contributed by atoms with Crippen LogP contribution in [0.5, 0.6) is 11.5 Å². The lowest BCUT2D eigenvalue weighted by Gasteiger charge is -2.10. The van der Waals surface area contributed by atoms with Crippen molar-refractivity contribution in [1.29, 1.82) is 5.26 Å². The lowest BCUT2D eigenvalue weighted by Crippen LogP contribution is -2.12. The van der Waals surface area contributed by atoms with Crippen LogP contribution in [0.1, 0.15) is 26.3 Å². The lowest BCUT2D eigenvalue weighted by molar-refractivity contribution is 0.101. The molecule has 0 aliphatic heterocycles. The van der Waals surface area contributed by atoms with E-state index in [2.05, 4.69) is 15.5 Å². The van der Waals surface area contributed by atoms with Crippen LogP contribution in [0.25, 0.3) is 15.6 Å². The molecule has 0 radical (unpaired) electrons. The number of nitrogens with zero attached hydrogens (tertiary/aromatic N) is 2. The average molecular weight is 517 g/mol. The third kappa shape index (κ3) is 4.86. The van der Waals surface area contributed by atoms with Crippen LogP contribution in [0, 0.1) is 17.9 Å². The van der Waals surface area contributed by atoms with Gasteiger partial charge >= 0.3 is 0 Å². The number of halogens is 2. The molecule has 0 heterocycles. The van der Waals surface area contributed by atoms with Crippen LogP contribution in [0.4, 0.5) is 17.1 Å². The second-order valence-corrected chi connectivity index (χ2v) is 8.40. The number of carbonyl (C=O) groups is 2. The van der Waals surface area contributed by atoms with E-state index in [1.807, 2.05) is 0 Å². The van der Waals surface area contributed by atoms with Gasteiger partial charge in [0.05, 0.1) is 22.2 Å². The number of carbonyl (C=O) groups excluding carboxylic acids is 2. The lowest BCUT2D eigenvalue weighted by atomic mass is 10.0. The molecule has 0 aliphatic carbocycles. The zero-order chi connectivity index (χ0) is 26.0. The Hall–Kier alpha value is -4.76. The number of rotatable bonds is 4. The van der Waals surface area contributed by atoms with Gasteiger partial charge in [-0.3, -0.25) is 9.59 Å². The Kier molecular flexibility index (Phi) is 6.67. The van der Waals surface area contributed by atoms with Crippen molar-refractivity contribution >= 4 is 62.9 Å². The van der Waals surface area contributed by atoms with Gasteiger partial charge in [0.25, 0.3) is 11.8 Å². The van der Waals surface area contributed by atoms with Crippen molar-refractivity contribution in [3.05, 3.63) is 98.8 Å². The summed E-state index contributed by atoms with van der Waals surface area (Å²) in [7, 11) is 0. The van der Waals surface area contributed by atoms with Crippen molar-refractivity contribution in [2.75, 3.05) is 10.6 Å². The summed E-state index contributed by atoms with van der Waals surface area (Å²) in [6, 6.07) is 16.9. The summed E-state index contributed by atoms with van der Waals surface area (Å²) in [4.78, 5) is 28.6. The van der Waals surface area contributed by atoms with E-state index in [0.29, 0.717) is 21.9 Å². The van der Waals surface area contributed by atoms with Crippen molar-refractivity contribution in [1.82, 2.24) is 0 Å². The molecular formula is C26H14Cl2N4O4. The molecule has 0 aliphatic rings. The number of nitrogens with one attached hydrogen (secondary N) is 2. The molecule has 0 unspecified atom stereocenters. The van der Waals surface area contributed by atoms with E-state index in [1.54, 1.807) is 42.5 Å². The Bertz CT molecular complexity index is 1530. The second-order valence-electron chi connectivity index (χ2n) is 7.59. The first-order chi connectivity index (χ1) is 17.2. The van der Waals surface area contributed by atoms with Gasteiger partial charge in [-0.1, -0.05) is 35.3 Å². The molecule has 0 atom stereocenters. The van der Waals surface area contributed by atoms with Gasteiger partial charge in [0, 0.05) is 22.5 Å². The van der Waals surface area contributed by atoms with Crippen LogP contribution in [0.2, 0.25) is 10.0 Å². The molecule has 10 heteroatoms. The van der Waals surface area contributed by atoms with Gasteiger partial charge in [-0.2, -0.15) is 5.26 Å². The van der Waals surface area contributed by atoms with E-state index in [4.69, 9.17) is 35.0 Å². The summed E-state index contributed by atoms with van der Waals surface area (Å²) in [5.41, 5.74) is 1.02. The van der Waals surface area contributed by atoms with Crippen molar-refractivity contribution in [3.63, 3.8) is 0 Å². The van der Waals surface area contributed by atoms with Crippen molar-refractivity contribution in [3.8, 4) is 17.6 Å². The van der Waals surface area contributed by atoms with Crippen LogP contribution in [-0.4, -0.2) is 22.0 Å². The molecule has 8 nitrogen and oxygen atoms in total.